The van der Waals surface area contributed by atoms with E-state index in [-0.39, 0.29) is 5.28 Å². The summed E-state index contributed by atoms with van der Waals surface area (Å²) >= 11 is 5.90. The van der Waals surface area contributed by atoms with Gasteiger partial charge in [0.15, 0.2) is 11.5 Å². The van der Waals surface area contributed by atoms with Crippen LogP contribution in [0.5, 0.6) is 0 Å². The molecule has 0 radical (unpaired) electrons. The molecule has 0 unspecified atom stereocenters. The van der Waals surface area contributed by atoms with Gasteiger partial charge in [-0.3, -0.25) is 0 Å². The fraction of sp³-hybridized carbons (Fsp3) is 0.154. The van der Waals surface area contributed by atoms with Gasteiger partial charge in [-0.25, -0.2) is 4.98 Å². The van der Waals surface area contributed by atoms with Crippen molar-refractivity contribution < 1.29 is 0 Å². The molecule has 0 fully saturated rings. The Bertz CT molecular complexity index is 751. The van der Waals surface area contributed by atoms with E-state index in [9.17, 15) is 0 Å². The molecule has 0 amide bonds. The first-order chi connectivity index (χ1) is 9.63. The molecule has 0 saturated heterocycles. The number of halogens is 1. The van der Waals surface area contributed by atoms with Crippen molar-refractivity contribution in [1.82, 2.24) is 19.9 Å². The van der Waals surface area contributed by atoms with Crippen LogP contribution in [0.15, 0.2) is 30.6 Å². The number of fused-ring (bicyclic) bond motifs is 1. The van der Waals surface area contributed by atoms with Gasteiger partial charge in [-0.05, 0) is 29.8 Å². The van der Waals surface area contributed by atoms with E-state index in [4.69, 9.17) is 11.6 Å². The highest BCUT2D eigenvalue weighted by molar-refractivity contribution is 6.28. The second-order valence-electron chi connectivity index (χ2n) is 4.51. The van der Waals surface area contributed by atoms with E-state index in [1.54, 1.807) is 6.33 Å². The monoisotopic (exact) mass is 288 g/mol. The second-order valence-corrected chi connectivity index (χ2v) is 4.85. The molecular formula is C13H13ClN6. The van der Waals surface area contributed by atoms with Crippen LogP contribution in [-0.2, 0) is 0 Å². The molecule has 3 rings (SSSR count). The van der Waals surface area contributed by atoms with Crippen LogP contribution in [0, 0.1) is 0 Å². The molecule has 102 valence electrons. The largest absolute Gasteiger partial charge is 0.378 e. The molecule has 0 aliphatic rings. The minimum atomic E-state index is 0.163. The quantitative estimate of drug-likeness (QED) is 0.725. The van der Waals surface area contributed by atoms with Gasteiger partial charge in [0.1, 0.15) is 5.52 Å². The Hall–Kier alpha value is -2.34. The van der Waals surface area contributed by atoms with Crippen LogP contribution in [0.3, 0.4) is 0 Å². The summed E-state index contributed by atoms with van der Waals surface area (Å²) in [6, 6.07) is 8.00. The highest BCUT2D eigenvalue weighted by Crippen LogP contribution is 2.25. The maximum Gasteiger partial charge on any atom is 0.226 e. The molecule has 2 N–H and O–H groups in total. The maximum absolute atomic E-state index is 5.90. The molecule has 3 aromatic rings. The van der Waals surface area contributed by atoms with Gasteiger partial charge in [-0.2, -0.15) is 9.97 Å². The fourth-order valence-electron chi connectivity index (χ4n) is 1.90. The summed E-state index contributed by atoms with van der Waals surface area (Å²) in [6.45, 7) is 0. The van der Waals surface area contributed by atoms with Gasteiger partial charge in [0.25, 0.3) is 0 Å². The minimum Gasteiger partial charge on any atom is -0.378 e. The number of rotatable bonds is 3. The summed E-state index contributed by atoms with van der Waals surface area (Å²) in [4.78, 5) is 17.4. The van der Waals surface area contributed by atoms with E-state index in [1.165, 1.54) is 0 Å². The Morgan fingerprint density at radius 3 is 2.90 bits per heavy atom. The van der Waals surface area contributed by atoms with Crippen molar-refractivity contribution >= 4 is 40.0 Å². The van der Waals surface area contributed by atoms with Gasteiger partial charge in [0.05, 0.1) is 6.33 Å². The molecule has 0 atom stereocenters. The van der Waals surface area contributed by atoms with E-state index >= 15 is 0 Å². The third-order valence-corrected chi connectivity index (χ3v) is 3.05. The summed E-state index contributed by atoms with van der Waals surface area (Å²) in [6.07, 6.45) is 1.57. The molecule has 0 spiro atoms. The first kappa shape index (κ1) is 12.7. The van der Waals surface area contributed by atoms with Gasteiger partial charge < -0.3 is 15.2 Å². The number of imidazole rings is 1. The van der Waals surface area contributed by atoms with Gasteiger partial charge in [0.2, 0.25) is 5.28 Å². The van der Waals surface area contributed by atoms with Crippen LogP contribution in [0.25, 0.3) is 11.2 Å². The van der Waals surface area contributed by atoms with E-state index in [0.29, 0.717) is 11.5 Å². The molecule has 2 aromatic heterocycles. The first-order valence-electron chi connectivity index (χ1n) is 6.04. The average molecular weight is 289 g/mol. The predicted molar refractivity (Wildman–Crippen MR) is 80.7 cm³/mol. The molecule has 1 aromatic carbocycles. The number of nitrogens with one attached hydrogen (secondary N) is 2. The molecule has 20 heavy (non-hydrogen) atoms. The highest BCUT2D eigenvalue weighted by atomic mass is 35.5. The number of hydrogen-bond donors (Lipinski definition) is 2. The molecule has 0 bridgehead atoms. The molecule has 6 nitrogen and oxygen atoms in total. The van der Waals surface area contributed by atoms with Crippen molar-refractivity contribution in [2.24, 2.45) is 0 Å². The Balaban J connectivity index is 2.00. The van der Waals surface area contributed by atoms with Gasteiger partial charge in [-0.15, -0.1) is 0 Å². The standard InChI is InChI=1S/C13H13ClN6/c1-20(2)9-5-3-4-8(6-9)17-12-10-11(16-7-15-10)18-13(14)19-12/h3-7H,1-2H3,(H2,15,16,17,18,19). The van der Waals surface area contributed by atoms with E-state index < -0.39 is 0 Å². The number of aromatic amines is 1. The molecule has 7 heteroatoms. The molecule has 2 heterocycles. The zero-order valence-corrected chi connectivity index (χ0v) is 11.8. The molecule has 0 aliphatic heterocycles. The van der Waals surface area contributed by atoms with E-state index in [0.717, 1.165) is 16.9 Å². The Morgan fingerprint density at radius 2 is 2.10 bits per heavy atom. The van der Waals surface area contributed by atoms with Gasteiger partial charge in [-0.1, -0.05) is 6.07 Å². The minimum absolute atomic E-state index is 0.163. The molecule has 0 aliphatic carbocycles. The van der Waals surface area contributed by atoms with Crippen LogP contribution >= 0.6 is 11.6 Å². The number of benzene rings is 1. The lowest BCUT2D eigenvalue weighted by atomic mass is 10.2. The summed E-state index contributed by atoms with van der Waals surface area (Å²) < 4.78 is 0. The van der Waals surface area contributed by atoms with Crippen molar-refractivity contribution in [2.45, 2.75) is 0 Å². The van der Waals surface area contributed by atoms with Crippen molar-refractivity contribution in [1.29, 1.82) is 0 Å². The van der Waals surface area contributed by atoms with Crippen molar-refractivity contribution in [3.63, 3.8) is 0 Å². The van der Waals surface area contributed by atoms with E-state index in [2.05, 4.69) is 25.3 Å². The highest BCUT2D eigenvalue weighted by Gasteiger charge is 2.09. The number of H-pyrrole nitrogens is 1. The fourth-order valence-corrected chi connectivity index (χ4v) is 2.06. The zero-order chi connectivity index (χ0) is 14.1. The van der Waals surface area contributed by atoms with Crippen LogP contribution in [0.2, 0.25) is 5.28 Å². The lowest BCUT2D eigenvalue weighted by Gasteiger charge is -2.14. The average Bonchev–Trinajstić information content (AvgIpc) is 2.87. The van der Waals surface area contributed by atoms with Crippen LogP contribution < -0.4 is 10.2 Å². The number of hydrogen-bond acceptors (Lipinski definition) is 5. The Kier molecular flexibility index (Phi) is 3.15. The molecular weight excluding hydrogens is 276 g/mol. The second kappa shape index (κ2) is 4.97. The smallest absolute Gasteiger partial charge is 0.226 e. The van der Waals surface area contributed by atoms with E-state index in [1.807, 2.05) is 43.3 Å². The van der Waals surface area contributed by atoms with Gasteiger partial charge in [0, 0.05) is 25.5 Å². The summed E-state index contributed by atoms with van der Waals surface area (Å²) in [7, 11) is 3.99. The lowest BCUT2D eigenvalue weighted by molar-refractivity contribution is 1.13. The predicted octanol–water partition coefficient (Wildman–Crippen LogP) is 2.82. The number of nitrogens with zero attached hydrogens (tertiary/aromatic N) is 4. The Labute approximate surface area is 120 Å². The van der Waals surface area contributed by atoms with Gasteiger partial charge >= 0.3 is 0 Å². The van der Waals surface area contributed by atoms with Crippen molar-refractivity contribution in [3.05, 3.63) is 35.9 Å². The van der Waals surface area contributed by atoms with Crippen molar-refractivity contribution in [3.8, 4) is 0 Å². The lowest BCUT2D eigenvalue weighted by Crippen LogP contribution is -2.08. The maximum atomic E-state index is 5.90. The first-order valence-corrected chi connectivity index (χ1v) is 6.42. The summed E-state index contributed by atoms with van der Waals surface area (Å²) in [5.41, 5.74) is 3.28. The van der Waals surface area contributed by atoms with Crippen LogP contribution in [0.4, 0.5) is 17.2 Å². The SMILES string of the molecule is CN(C)c1cccc(Nc2nc(Cl)nc3nc[nH]c23)c1. The van der Waals surface area contributed by atoms with Crippen molar-refractivity contribution in [2.75, 3.05) is 24.3 Å². The summed E-state index contributed by atoms with van der Waals surface area (Å²) in [5.74, 6) is 0.605. The third-order valence-electron chi connectivity index (χ3n) is 2.88. The topological polar surface area (TPSA) is 69.7 Å². The third kappa shape index (κ3) is 2.37. The van der Waals surface area contributed by atoms with Crippen LogP contribution in [-0.4, -0.2) is 34.0 Å². The molecule has 0 saturated carbocycles. The number of aromatic nitrogens is 4. The van der Waals surface area contributed by atoms with Crippen LogP contribution in [0.1, 0.15) is 0 Å². The number of anilines is 3. The summed E-state index contributed by atoms with van der Waals surface area (Å²) in [5, 5.41) is 3.40. The Morgan fingerprint density at radius 1 is 1.25 bits per heavy atom. The normalized spacial score (nSPS) is 10.8. The zero-order valence-electron chi connectivity index (χ0n) is 11.1.